The summed E-state index contributed by atoms with van der Waals surface area (Å²) in [6.07, 6.45) is 0.505. The summed E-state index contributed by atoms with van der Waals surface area (Å²) in [5.41, 5.74) is -0.320. The molecule has 0 aromatic carbocycles. The predicted octanol–water partition coefficient (Wildman–Crippen LogP) is 1.30. The molecule has 1 aromatic heterocycles. The van der Waals surface area contributed by atoms with Crippen LogP contribution in [-0.4, -0.2) is 39.3 Å². The van der Waals surface area contributed by atoms with Gasteiger partial charge >= 0.3 is 5.97 Å². The first-order valence-electron chi connectivity index (χ1n) is 6.22. The number of aromatic carboxylic acids is 1. The summed E-state index contributed by atoms with van der Waals surface area (Å²) in [4.78, 5) is 10.8. The Morgan fingerprint density at radius 1 is 1.35 bits per heavy atom. The van der Waals surface area contributed by atoms with E-state index in [1.54, 1.807) is 0 Å². The Balaban J connectivity index is 2.90. The van der Waals surface area contributed by atoms with Crippen LogP contribution >= 0.6 is 0 Å². The van der Waals surface area contributed by atoms with E-state index in [0.717, 1.165) is 0 Å². The van der Waals surface area contributed by atoms with Crippen molar-refractivity contribution >= 4 is 16.0 Å². The van der Waals surface area contributed by atoms with Crippen molar-refractivity contribution < 1.29 is 27.5 Å². The first-order chi connectivity index (χ1) is 9.31. The number of carboxylic acid groups (broad SMARTS) is 1. The molecule has 20 heavy (non-hydrogen) atoms. The molecule has 0 aliphatic heterocycles. The van der Waals surface area contributed by atoms with Gasteiger partial charge in [0.25, 0.3) is 0 Å². The highest BCUT2D eigenvalue weighted by molar-refractivity contribution is 7.89. The lowest BCUT2D eigenvalue weighted by Gasteiger charge is -2.07. The Labute approximate surface area is 118 Å². The number of nitrogens with one attached hydrogen (secondary N) is 1. The van der Waals surface area contributed by atoms with Crippen molar-refractivity contribution in [2.75, 3.05) is 19.8 Å². The first kappa shape index (κ1) is 16.7. The summed E-state index contributed by atoms with van der Waals surface area (Å²) >= 11 is 0. The van der Waals surface area contributed by atoms with Crippen molar-refractivity contribution in [1.29, 1.82) is 0 Å². The lowest BCUT2D eigenvalue weighted by atomic mass is 10.2. The van der Waals surface area contributed by atoms with Crippen LogP contribution in [0.2, 0.25) is 0 Å². The summed E-state index contributed by atoms with van der Waals surface area (Å²) in [6, 6.07) is 0. The molecule has 2 N–H and O–H groups in total. The summed E-state index contributed by atoms with van der Waals surface area (Å²) < 4.78 is 36.9. The average molecular weight is 305 g/mol. The zero-order chi connectivity index (χ0) is 15.3. The fraction of sp³-hybridized carbons (Fsp3) is 0.583. The Hall–Kier alpha value is -1.38. The Morgan fingerprint density at radius 2 is 2.00 bits per heavy atom. The van der Waals surface area contributed by atoms with Gasteiger partial charge in [0.2, 0.25) is 10.0 Å². The van der Waals surface area contributed by atoms with E-state index < -0.39 is 16.0 Å². The van der Waals surface area contributed by atoms with Crippen LogP contribution in [0.25, 0.3) is 0 Å². The summed E-state index contributed by atoms with van der Waals surface area (Å²) in [5.74, 6) is -1.18. The quantitative estimate of drug-likeness (QED) is 0.701. The van der Waals surface area contributed by atoms with Gasteiger partial charge in [-0.15, -0.1) is 0 Å². The van der Waals surface area contributed by atoms with Crippen molar-refractivity contribution in [1.82, 2.24) is 4.72 Å². The molecule has 114 valence electrons. The van der Waals surface area contributed by atoms with E-state index in [9.17, 15) is 13.2 Å². The Bertz CT molecular complexity index is 575. The molecule has 0 saturated carbocycles. The molecule has 0 atom stereocenters. The number of carboxylic acids is 1. The molecule has 1 aromatic rings. The fourth-order valence-corrected chi connectivity index (χ4v) is 3.31. The van der Waals surface area contributed by atoms with Crippen LogP contribution in [-0.2, 0) is 14.8 Å². The maximum absolute atomic E-state index is 12.1. The fourth-order valence-electron chi connectivity index (χ4n) is 1.83. The highest BCUT2D eigenvalue weighted by Gasteiger charge is 2.30. The predicted molar refractivity (Wildman–Crippen MR) is 71.4 cm³/mol. The smallest absolute Gasteiger partial charge is 0.340 e. The molecule has 7 nitrogen and oxygen atoms in total. The van der Waals surface area contributed by atoms with Crippen LogP contribution < -0.4 is 4.72 Å². The topological polar surface area (TPSA) is 106 Å². The van der Waals surface area contributed by atoms with E-state index in [1.165, 1.54) is 13.8 Å². The minimum absolute atomic E-state index is 0.0669. The first-order valence-corrected chi connectivity index (χ1v) is 7.70. The second-order valence-electron chi connectivity index (χ2n) is 4.17. The van der Waals surface area contributed by atoms with Crippen LogP contribution in [0.1, 0.15) is 35.2 Å². The van der Waals surface area contributed by atoms with Crippen molar-refractivity contribution in [2.45, 2.75) is 32.1 Å². The standard InChI is InChI=1S/C12H19NO6S/c1-4-18-7-5-6-13-20(16,17)11-9(3)19-8(2)10(11)12(14)15/h13H,4-7H2,1-3H3,(H,14,15). The number of carbonyl (C=O) groups is 1. The van der Waals surface area contributed by atoms with Gasteiger partial charge in [-0.1, -0.05) is 0 Å². The third kappa shape index (κ3) is 3.81. The van der Waals surface area contributed by atoms with E-state index in [1.807, 2.05) is 6.92 Å². The van der Waals surface area contributed by atoms with Crippen LogP contribution in [0.15, 0.2) is 9.31 Å². The lowest BCUT2D eigenvalue weighted by Crippen LogP contribution is -2.27. The van der Waals surface area contributed by atoms with E-state index in [0.29, 0.717) is 19.6 Å². The molecule has 1 heterocycles. The molecule has 0 spiro atoms. The molecule has 0 aliphatic carbocycles. The molecule has 0 bridgehead atoms. The van der Waals surface area contributed by atoms with Gasteiger partial charge in [0.1, 0.15) is 22.0 Å². The molecule has 8 heteroatoms. The zero-order valence-corrected chi connectivity index (χ0v) is 12.5. The Morgan fingerprint density at radius 3 is 2.55 bits per heavy atom. The minimum Gasteiger partial charge on any atom is -0.478 e. The van der Waals surface area contributed by atoms with Crippen LogP contribution in [0.3, 0.4) is 0 Å². The highest BCUT2D eigenvalue weighted by Crippen LogP contribution is 2.26. The van der Waals surface area contributed by atoms with Gasteiger partial charge in [0.05, 0.1) is 0 Å². The maximum atomic E-state index is 12.1. The van der Waals surface area contributed by atoms with Gasteiger partial charge in [0, 0.05) is 19.8 Å². The number of rotatable bonds is 8. The van der Waals surface area contributed by atoms with Crippen molar-refractivity contribution in [3.05, 3.63) is 17.1 Å². The summed E-state index contributed by atoms with van der Waals surface area (Å²) in [7, 11) is -3.91. The number of hydrogen-bond donors (Lipinski definition) is 2. The number of sulfonamides is 1. The van der Waals surface area contributed by atoms with Crippen molar-refractivity contribution in [3.63, 3.8) is 0 Å². The average Bonchev–Trinajstić information content (AvgIpc) is 2.64. The van der Waals surface area contributed by atoms with Gasteiger partial charge in [-0.05, 0) is 27.2 Å². The lowest BCUT2D eigenvalue weighted by molar-refractivity contribution is 0.0691. The molecule has 0 amide bonds. The number of aryl methyl sites for hydroxylation is 2. The third-order valence-electron chi connectivity index (χ3n) is 2.65. The molecular formula is C12H19NO6S. The third-order valence-corrected chi connectivity index (χ3v) is 4.26. The van der Waals surface area contributed by atoms with Crippen LogP contribution in [0.4, 0.5) is 0 Å². The van der Waals surface area contributed by atoms with E-state index in [-0.39, 0.29) is 28.5 Å². The summed E-state index contributed by atoms with van der Waals surface area (Å²) in [5, 5.41) is 9.09. The molecule has 0 aliphatic rings. The number of hydrogen-bond acceptors (Lipinski definition) is 5. The van der Waals surface area contributed by atoms with Crippen molar-refractivity contribution in [2.24, 2.45) is 0 Å². The Kier molecular flexibility index (Phi) is 5.73. The molecule has 0 fully saturated rings. The van der Waals surface area contributed by atoms with Gasteiger partial charge in [-0.2, -0.15) is 0 Å². The zero-order valence-electron chi connectivity index (χ0n) is 11.7. The normalized spacial score (nSPS) is 11.8. The second kappa shape index (κ2) is 6.87. The largest absolute Gasteiger partial charge is 0.478 e. The molecule has 0 saturated heterocycles. The molecular weight excluding hydrogens is 286 g/mol. The monoisotopic (exact) mass is 305 g/mol. The van der Waals surface area contributed by atoms with Gasteiger partial charge in [-0.3, -0.25) is 0 Å². The van der Waals surface area contributed by atoms with E-state index >= 15 is 0 Å². The van der Waals surface area contributed by atoms with E-state index in [4.69, 9.17) is 14.3 Å². The number of furan rings is 1. The van der Waals surface area contributed by atoms with Gasteiger partial charge in [0.15, 0.2) is 0 Å². The summed E-state index contributed by atoms with van der Waals surface area (Å²) in [6.45, 7) is 5.87. The molecule has 0 unspecified atom stereocenters. The van der Waals surface area contributed by atoms with Crippen molar-refractivity contribution in [3.8, 4) is 0 Å². The van der Waals surface area contributed by atoms with E-state index in [2.05, 4.69) is 4.72 Å². The molecule has 1 rings (SSSR count). The van der Waals surface area contributed by atoms with Gasteiger partial charge < -0.3 is 14.3 Å². The minimum atomic E-state index is -3.91. The molecule has 0 radical (unpaired) electrons. The van der Waals surface area contributed by atoms with Gasteiger partial charge in [-0.25, -0.2) is 17.9 Å². The number of ether oxygens (including phenoxy) is 1. The second-order valence-corrected chi connectivity index (χ2v) is 5.88. The van der Waals surface area contributed by atoms with Crippen LogP contribution in [0, 0.1) is 13.8 Å². The maximum Gasteiger partial charge on any atom is 0.340 e. The SMILES string of the molecule is CCOCCCNS(=O)(=O)c1c(C)oc(C)c1C(=O)O. The van der Waals surface area contributed by atoms with Crippen LogP contribution in [0.5, 0.6) is 0 Å². The highest BCUT2D eigenvalue weighted by atomic mass is 32.2.